The van der Waals surface area contributed by atoms with Crippen molar-refractivity contribution >= 4 is 23.8 Å². The summed E-state index contributed by atoms with van der Waals surface area (Å²) >= 11 is 0. The van der Waals surface area contributed by atoms with Gasteiger partial charge >= 0.3 is 0 Å². The average molecular weight is 663 g/mol. The fourth-order valence-corrected chi connectivity index (χ4v) is 6.55. The van der Waals surface area contributed by atoms with E-state index in [1.165, 1.54) is 44.5 Å². The lowest BCUT2D eigenvalue weighted by Crippen LogP contribution is -2.20. The first-order chi connectivity index (χ1) is 23.8. The molecule has 4 nitrogen and oxygen atoms in total. The third-order valence-corrected chi connectivity index (χ3v) is 9.72. The van der Waals surface area contributed by atoms with E-state index in [0.29, 0.717) is 23.7 Å². The first kappa shape index (κ1) is 36.6. The summed E-state index contributed by atoms with van der Waals surface area (Å²) in [5, 5.41) is 0. The van der Waals surface area contributed by atoms with Gasteiger partial charge in [0.2, 0.25) is 0 Å². The third kappa shape index (κ3) is 8.53. The highest BCUT2D eigenvalue weighted by atomic mass is 14.8. The van der Waals surface area contributed by atoms with E-state index in [1.807, 2.05) is 61.2 Å². The molecule has 0 saturated carbocycles. The highest BCUT2D eigenvalue weighted by molar-refractivity contribution is 5.81. The average Bonchev–Trinajstić information content (AvgIpc) is 3.10. The van der Waals surface area contributed by atoms with E-state index in [2.05, 4.69) is 128 Å². The van der Waals surface area contributed by atoms with Gasteiger partial charge in [-0.15, -0.1) is 0 Å². The molecule has 258 valence electrons. The second kappa shape index (κ2) is 15.9. The van der Waals surface area contributed by atoms with Gasteiger partial charge in [-0.2, -0.15) is 0 Å². The number of hydrogen-bond acceptors (Lipinski definition) is 4. The maximum atomic E-state index is 5.03. The van der Waals surface area contributed by atoms with E-state index in [1.54, 1.807) is 0 Å². The molecule has 0 N–H and O–H groups in total. The second-order valence-corrected chi connectivity index (χ2v) is 15.3. The Morgan fingerprint density at radius 1 is 0.520 bits per heavy atom. The summed E-state index contributed by atoms with van der Waals surface area (Å²) in [6.07, 6.45) is 8.29. The van der Waals surface area contributed by atoms with Crippen molar-refractivity contribution in [3.63, 3.8) is 0 Å². The molecule has 0 amide bonds. The largest absolute Gasteiger partial charge is 0.255 e. The zero-order chi connectivity index (χ0) is 36.0. The lowest BCUT2D eigenvalue weighted by Gasteiger charge is -2.30. The Labute approximate surface area is 300 Å². The van der Waals surface area contributed by atoms with E-state index in [-0.39, 0.29) is 5.41 Å². The maximum absolute atomic E-state index is 5.03. The topological polar surface area (TPSA) is 50.5 Å². The quantitative estimate of drug-likeness (QED) is 0.125. The van der Waals surface area contributed by atoms with Crippen LogP contribution in [0, 0.1) is 0 Å². The molecule has 0 bridgehead atoms. The first-order valence-corrected chi connectivity index (χ1v) is 18.2. The molecule has 0 atom stereocenters. The van der Waals surface area contributed by atoms with E-state index in [9.17, 15) is 0 Å². The molecule has 0 unspecified atom stereocenters. The van der Waals surface area contributed by atoms with Crippen LogP contribution in [-0.2, 0) is 11.8 Å². The molecule has 5 rings (SSSR count). The van der Waals surface area contributed by atoms with Gasteiger partial charge < -0.3 is 0 Å². The summed E-state index contributed by atoms with van der Waals surface area (Å²) in [4.78, 5) is 18.9. The van der Waals surface area contributed by atoms with E-state index < -0.39 is 0 Å². The van der Waals surface area contributed by atoms with E-state index in [0.717, 1.165) is 29.2 Å². The molecule has 0 aliphatic heterocycles. The standard InChI is InChI=1S/C46H54N4/c1-30(2)40-24-35(25-41(31(3)4)44(40)49-28-38-15-11-13-21-47-38)23-34-17-19-36(20-18-34)46(9,10)37-26-42(32(5)6)45(43(27-37)33(7)8)50-29-39-16-12-14-22-48-39/h11-22,24-33H,23H2,1-10H3. The van der Waals surface area contributed by atoms with Crippen LogP contribution in [-0.4, -0.2) is 22.4 Å². The van der Waals surface area contributed by atoms with Crippen LogP contribution in [0.15, 0.2) is 107 Å². The molecule has 2 heterocycles. The zero-order valence-corrected chi connectivity index (χ0v) is 31.7. The summed E-state index contributed by atoms with van der Waals surface area (Å²) in [5.74, 6) is 1.37. The van der Waals surface area contributed by atoms with Crippen LogP contribution in [0.3, 0.4) is 0 Å². The molecule has 2 aromatic heterocycles. The molecule has 0 radical (unpaired) electrons. The minimum Gasteiger partial charge on any atom is -0.255 e. The molecule has 0 spiro atoms. The Balaban J connectivity index is 1.46. The Bertz CT molecular complexity index is 1870. The van der Waals surface area contributed by atoms with Gasteiger partial charge in [-0.05, 0) is 98.9 Å². The summed E-state index contributed by atoms with van der Waals surface area (Å²) in [7, 11) is 0. The maximum Gasteiger partial charge on any atom is 0.0812 e. The van der Waals surface area contributed by atoms with Crippen molar-refractivity contribution in [1.29, 1.82) is 0 Å². The highest BCUT2D eigenvalue weighted by Gasteiger charge is 2.27. The fourth-order valence-electron chi connectivity index (χ4n) is 6.55. The SMILES string of the molecule is CC(C)c1cc(Cc2ccc(C(C)(C)c3cc(C(C)C)c(N=Cc4ccccn4)c(C(C)C)c3)cc2)cc(C(C)C)c1N=Cc1ccccn1. The normalized spacial score (nSPS) is 12.4. The number of hydrogen-bond donors (Lipinski definition) is 0. The monoisotopic (exact) mass is 662 g/mol. The summed E-state index contributed by atoms with van der Waals surface area (Å²) in [6.45, 7) is 22.8. The lowest BCUT2D eigenvalue weighted by molar-refractivity contribution is 0.635. The number of aliphatic imine (C=N–C) groups is 2. The van der Waals surface area contributed by atoms with Gasteiger partial charge in [-0.25, -0.2) is 0 Å². The minimum absolute atomic E-state index is 0.183. The summed E-state index contributed by atoms with van der Waals surface area (Å²) < 4.78 is 0. The van der Waals surface area contributed by atoms with Crippen molar-refractivity contribution in [1.82, 2.24) is 9.97 Å². The van der Waals surface area contributed by atoms with Gasteiger partial charge in [0.05, 0.1) is 35.2 Å². The van der Waals surface area contributed by atoms with Gasteiger partial charge in [-0.1, -0.05) is 130 Å². The Kier molecular flexibility index (Phi) is 11.6. The summed E-state index contributed by atoms with van der Waals surface area (Å²) in [5.41, 5.74) is 14.1. The van der Waals surface area contributed by atoms with Gasteiger partial charge in [0.1, 0.15) is 0 Å². The van der Waals surface area contributed by atoms with Crippen LogP contribution >= 0.6 is 0 Å². The Morgan fingerprint density at radius 3 is 1.32 bits per heavy atom. The van der Waals surface area contributed by atoms with Gasteiger partial charge in [0.15, 0.2) is 0 Å². The number of benzene rings is 3. The fraction of sp³-hybridized carbons (Fsp3) is 0.348. The Morgan fingerprint density at radius 2 is 0.940 bits per heavy atom. The zero-order valence-electron chi connectivity index (χ0n) is 31.7. The van der Waals surface area contributed by atoms with Crippen LogP contribution in [0.5, 0.6) is 0 Å². The lowest BCUT2D eigenvalue weighted by atomic mass is 9.75. The van der Waals surface area contributed by atoms with Crippen molar-refractivity contribution in [2.24, 2.45) is 9.98 Å². The van der Waals surface area contributed by atoms with Crippen molar-refractivity contribution in [2.75, 3.05) is 0 Å². The van der Waals surface area contributed by atoms with E-state index >= 15 is 0 Å². The molecular formula is C46H54N4. The molecule has 50 heavy (non-hydrogen) atoms. The van der Waals surface area contributed by atoms with Crippen LogP contribution in [0.25, 0.3) is 0 Å². The molecule has 3 aromatic carbocycles. The van der Waals surface area contributed by atoms with Gasteiger partial charge in [0.25, 0.3) is 0 Å². The minimum atomic E-state index is -0.183. The number of rotatable bonds is 12. The van der Waals surface area contributed by atoms with Crippen molar-refractivity contribution in [3.05, 3.63) is 153 Å². The van der Waals surface area contributed by atoms with Crippen molar-refractivity contribution in [3.8, 4) is 0 Å². The van der Waals surface area contributed by atoms with Crippen LogP contribution in [0.4, 0.5) is 11.4 Å². The van der Waals surface area contributed by atoms with E-state index in [4.69, 9.17) is 9.98 Å². The predicted molar refractivity (Wildman–Crippen MR) is 214 cm³/mol. The molecular weight excluding hydrogens is 609 g/mol. The van der Waals surface area contributed by atoms with Crippen molar-refractivity contribution in [2.45, 2.75) is 105 Å². The van der Waals surface area contributed by atoms with Crippen LogP contribution in [0.2, 0.25) is 0 Å². The Hall–Kier alpha value is -4.70. The second-order valence-electron chi connectivity index (χ2n) is 15.3. The molecule has 0 saturated heterocycles. The van der Waals surface area contributed by atoms with Gasteiger partial charge in [-0.3, -0.25) is 20.0 Å². The molecule has 0 aliphatic rings. The third-order valence-electron chi connectivity index (χ3n) is 9.72. The molecule has 0 fully saturated rings. The van der Waals surface area contributed by atoms with Crippen LogP contribution in [0.1, 0.15) is 149 Å². The molecule has 0 aliphatic carbocycles. The van der Waals surface area contributed by atoms with Gasteiger partial charge in [0, 0.05) is 17.8 Å². The number of nitrogens with zero attached hydrogens (tertiary/aromatic N) is 4. The number of pyridine rings is 2. The van der Waals surface area contributed by atoms with Crippen LogP contribution < -0.4 is 0 Å². The molecule has 5 aromatic rings. The number of aromatic nitrogens is 2. The highest BCUT2D eigenvalue weighted by Crippen LogP contribution is 2.42. The predicted octanol–water partition coefficient (Wildman–Crippen LogP) is 12.4. The smallest absolute Gasteiger partial charge is 0.0812 e. The molecule has 4 heteroatoms. The first-order valence-electron chi connectivity index (χ1n) is 18.2. The summed E-state index contributed by atoms with van der Waals surface area (Å²) in [6, 6.07) is 30.6. The van der Waals surface area contributed by atoms with Crippen molar-refractivity contribution < 1.29 is 0 Å².